The molecule has 0 fully saturated rings. The topological polar surface area (TPSA) is 0 Å². The molecule has 0 N–H and O–H groups in total. The van der Waals surface area contributed by atoms with Crippen LogP contribution in [0, 0.1) is 12.7 Å². The second-order valence-corrected chi connectivity index (χ2v) is 7.81. The highest BCUT2D eigenvalue weighted by molar-refractivity contribution is 9.11. The second-order valence-electron chi connectivity index (χ2n) is 3.64. The average Bonchev–Trinajstić information content (AvgIpc) is 2.62. The fraction of sp³-hybridized carbons (Fsp3) is 0.167. The quantitative estimate of drug-likeness (QED) is 0.485. The van der Waals surface area contributed by atoms with Crippen LogP contribution >= 0.6 is 59.1 Å². The molecule has 17 heavy (non-hydrogen) atoms. The molecule has 2 aromatic rings. The van der Waals surface area contributed by atoms with Crippen LogP contribution in [0.5, 0.6) is 0 Å². The van der Waals surface area contributed by atoms with E-state index in [0.717, 1.165) is 9.35 Å². The van der Waals surface area contributed by atoms with Crippen molar-refractivity contribution in [3.05, 3.63) is 54.3 Å². The number of halogens is 4. The lowest BCUT2D eigenvalue weighted by atomic mass is 10.1. The van der Waals surface area contributed by atoms with E-state index in [0.29, 0.717) is 4.47 Å². The van der Waals surface area contributed by atoms with E-state index in [1.807, 2.05) is 0 Å². The van der Waals surface area contributed by atoms with Crippen LogP contribution in [0.4, 0.5) is 4.39 Å². The zero-order chi connectivity index (χ0) is 12.6. The SMILES string of the molecule is Cc1cc(C(Br)c2ccc(F)c(Br)c2)sc1Br. The maximum Gasteiger partial charge on any atom is 0.137 e. The largest absolute Gasteiger partial charge is 0.206 e. The van der Waals surface area contributed by atoms with Gasteiger partial charge in [0.1, 0.15) is 5.82 Å². The first-order chi connectivity index (χ1) is 7.99. The highest BCUT2D eigenvalue weighted by Crippen LogP contribution is 2.39. The van der Waals surface area contributed by atoms with Crippen LogP contribution in [0.3, 0.4) is 0 Å². The molecule has 0 nitrogen and oxygen atoms in total. The predicted octanol–water partition coefficient (Wildman–Crippen LogP) is 6.20. The van der Waals surface area contributed by atoms with Crippen molar-refractivity contribution in [1.29, 1.82) is 0 Å². The van der Waals surface area contributed by atoms with Gasteiger partial charge < -0.3 is 0 Å². The van der Waals surface area contributed by atoms with Gasteiger partial charge >= 0.3 is 0 Å². The molecule has 0 saturated carbocycles. The molecule has 0 spiro atoms. The van der Waals surface area contributed by atoms with E-state index >= 15 is 0 Å². The standard InChI is InChI=1S/C12H8Br3FS/c1-6-4-10(17-12(6)15)11(14)7-2-3-9(16)8(13)5-7/h2-5,11H,1H3. The van der Waals surface area contributed by atoms with Gasteiger partial charge in [0.25, 0.3) is 0 Å². The number of rotatable bonds is 2. The lowest BCUT2D eigenvalue weighted by Crippen LogP contribution is -1.90. The molecule has 0 aliphatic carbocycles. The lowest BCUT2D eigenvalue weighted by molar-refractivity contribution is 0.620. The van der Waals surface area contributed by atoms with Gasteiger partial charge in [-0.2, -0.15) is 0 Å². The Hall–Kier alpha value is 0.290. The highest BCUT2D eigenvalue weighted by Gasteiger charge is 2.15. The molecule has 0 amide bonds. The second kappa shape index (κ2) is 5.51. The Balaban J connectivity index is 2.36. The lowest BCUT2D eigenvalue weighted by Gasteiger charge is -2.08. The monoisotopic (exact) mass is 440 g/mol. The van der Waals surface area contributed by atoms with Crippen molar-refractivity contribution in [3.8, 4) is 0 Å². The van der Waals surface area contributed by atoms with Crippen LogP contribution in [-0.4, -0.2) is 0 Å². The minimum absolute atomic E-state index is 0.0920. The summed E-state index contributed by atoms with van der Waals surface area (Å²) in [6.45, 7) is 2.06. The van der Waals surface area contributed by atoms with E-state index in [2.05, 4.69) is 60.8 Å². The smallest absolute Gasteiger partial charge is 0.137 e. The van der Waals surface area contributed by atoms with E-state index in [1.54, 1.807) is 23.5 Å². The number of hydrogen-bond acceptors (Lipinski definition) is 1. The molecular formula is C12H8Br3FS. The molecule has 0 radical (unpaired) electrons. The van der Waals surface area contributed by atoms with Gasteiger partial charge in [-0.3, -0.25) is 0 Å². The Morgan fingerprint density at radius 2 is 1.94 bits per heavy atom. The fourth-order valence-corrected chi connectivity index (χ4v) is 4.11. The van der Waals surface area contributed by atoms with Crippen LogP contribution in [0.15, 0.2) is 32.5 Å². The maximum absolute atomic E-state index is 13.2. The third-order valence-electron chi connectivity index (χ3n) is 2.36. The minimum Gasteiger partial charge on any atom is -0.206 e. The van der Waals surface area contributed by atoms with Gasteiger partial charge in [0.2, 0.25) is 0 Å². The third kappa shape index (κ3) is 3.00. The molecular weight excluding hydrogens is 435 g/mol. The molecule has 0 saturated heterocycles. The van der Waals surface area contributed by atoms with Gasteiger partial charge in [-0.1, -0.05) is 22.0 Å². The highest BCUT2D eigenvalue weighted by atomic mass is 79.9. The van der Waals surface area contributed by atoms with Crippen LogP contribution in [0.2, 0.25) is 0 Å². The molecule has 5 heteroatoms. The summed E-state index contributed by atoms with van der Waals surface area (Å²) in [6, 6.07) is 7.20. The normalized spacial score (nSPS) is 12.8. The van der Waals surface area contributed by atoms with E-state index in [4.69, 9.17) is 0 Å². The summed E-state index contributed by atoms with van der Waals surface area (Å²) in [5, 5.41) is 0. The Morgan fingerprint density at radius 3 is 2.47 bits per heavy atom. The number of thiophene rings is 1. The molecule has 0 aliphatic heterocycles. The van der Waals surface area contributed by atoms with E-state index in [9.17, 15) is 4.39 Å². The van der Waals surface area contributed by atoms with Crippen LogP contribution in [0.25, 0.3) is 0 Å². The Bertz CT molecular complexity index is 531. The van der Waals surface area contributed by atoms with Crippen molar-refractivity contribution in [2.45, 2.75) is 11.8 Å². The van der Waals surface area contributed by atoms with E-state index < -0.39 is 0 Å². The molecule has 1 aromatic heterocycles. The Morgan fingerprint density at radius 1 is 1.24 bits per heavy atom. The summed E-state index contributed by atoms with van der Waals surface area (Å²) in [7, 11) is 0. The zero-order valence-electron chi connectivity index (χ0n) is 8.81. The molecule has 0 bridgehead atoms. The first-order valence-corrected chi connectivity index (χ1v) is 8.15. The van der Waals surface area contributed by atoms with Gasteiger partial charge in [0.05, 0.1) is 13.1 Å². The minimum atomic E-state index is -0.239. The predicted molar refractivity (Wildman–Crippen MR) is 81.6 cm³/mol. The molecule has 0 aliphatic rings. The molecule has 1 unspecified atom stereocenters. The van der Waals surface area contributed by atoms with E-state index in [1.165, 1.54) is 16.5 Å². The van der Waals surface area contributed by atoms with Gasteiger partial charge in [-0.15, -0.1) is 11.3 Å². The summed E-state index contributed by atoms with van der Waals surface area (Å²) >= 11 is 12.1. The van der Waals surface area contributed by atoms with Gasteiger partial charge in [0, 0.05) is 4.88 Å². The van der Waals surface area contributed by atoms with Crippen molar-refractivity contribution in [1.82, 2.24) is 0 Å². The summed E-state index contributed by atoms with van der Waals surface area (Å²) in [4.78, 5) is 1.29. The van der Waals surface area contributed by atoms with Gasteiger partial charge in [0.15, 0.2) is 0 Å². The number of hydrogen-bond donors (Lipinski definition) is 0. The van der Waals surface area contributed by atoms with Gasteiger partial charge in [-0.05, 0) is 68.1 Å². The third-order valence-corrected chi connectivity index (χ3v) is 6.50. The molecule has 1 heterocycles. The maximum atomic E-state index is 13.2. The number of aryl methyl sites for hydroxylation is 1. The fourth-order valence-electron chi connectivity index (χ4n) is 1.44. The summed E-state index contributed by atoms with van der Waals surface area (Å²) in [6.07, 6.45) is 0. The van der Waals surface area contributed by atoms with Crippen LogP contribution in [-0.2, 0) is 0 Å². The van der Waals surface area contributed by atoms with Crippen molar-refractivity contribution in [2.24, 2.45) is 0 Å². The molecule has 1 aromatic carbocycles. The van der Waals surface area contributed by atoms with Crippen LogP contribution in [0.1, 0.15) is 20.8 Å². The summed E-state index contributed by atoms with van der Waals surface area (Å²) in [5.41, 5.74) is 2.25. The summed E-state index contributed by atoms with van der Waals surface area (Å²) < 4.78 is 14.8. The first-order valence-electron chi connectivity index (χ1n) is 4.84. The molecule has 90 valence electrons. The van der Waals surface area contributed by atoms with Crippen molar-refractivity contribution in [3.63, 3.8) is 0 Å². The van der Waals surface area contributed by atoms with E-state index in [-0.39, 0.29) is 10.6 Å². The molecule has 2 rings (SSSR count). The number of benzene rings is 1. The Kier molecular flexibility index (Phi) is 4.45. The number of alkyl halides is 1. The Labute approximate surface area is 129 Å². The zero-order valence-corrected chi connectivity index (χ0v) is 14.4. The summed E-state index contributed by atoms with van der Waals surface area (Å²) in [5.74, 6) is -0.239. The molecule has 1 atom stereocenters. The van der Waals surface area contributed by atoms with Crippen LogP contribution < -0.4 is 0 Å². The van der Waals surface area contributed by atoms with Crippen molar-refractivity contribution in [2.75, 3.05) is 0 Å². The van der Waals surface area contributed by atoms with Crippen molar-refractivity contribution < 1.29 is 4.39 Å². The van der Waals surface area contributed by atoms with Crippen molar-refractivity contribution >= 4 is 59.1 Å². The van der Waals surface area contributed by atoms with Gasteiger partial charge in [-0.25, -0.2) is 4.39 Å². The first kappa shape index (κ1) is 13.7. The average molecular weight is 443 g/mol.